The van der Waals surface area contributed by atoms with Crippen molar-refractivity contribution in [2.45, 2.75) is 243 Å². The fourth-order valence-corrected chi connectivity index (χ4v) is 7.54. The van der Waals surface area contributed by atoms with Gasteiger partial charge < -0.3 is 30.5 Å². The largest absolute Gasteiger partial charge is 0.394 e. The molecule has 49 heavy (non-hydrogen) atoms. The molecule has 1 fully saturated rings. The van der Waals surface area contributed by atoms with Crippen LogP contribution in [0.1, 0.15) is 213 Å². The summed E-state index contributed by atoms with van der Waals surface area (Å²) in [6.07, 6.45) is 32.6. The third-order valence-electron chi connectivity index (χ3n) is 10.9. The lowest BCUT2D eigenvalue weighted by Crippen LogP contribution is -2.60. The van der Waals surface area contributed by atoms with Gasteiger partial charge in [-0.1, -0.05) is 194 Å². The smallest absolute Gasteiger partial charge is 0.220 e. The maximum Gasteiger partial charge on any atom is 0.220 e. The zero-order chi connectivity index (χ0) is 35.8. The molecule has 7 heteroatoms. The number of carbonyl (C=O) groups is 1. The van der Waals surface area contributed by atoms with Crippen LogP contribution in [0.5, 0.6) is 0 Å². The van der Waals surface area contributed by atoms with Crippen LogP contribution in [-0.4, -0.2) is 70.0 Å². The zero-order valence-corrected chi connectivity index (χ0v) is 32.4. The number of unbranched alkanes of at least 4 members (excludes halogenated alkanes) is 27. The lowest BCUT2D eigenvalue weighted by Gasteiger charge is -2.43. The second-order valence-electron chi connectivity index (χ2n) is 15.4. The number of aliphatic hydroxyl groups is 4. The van der Waals surface area contributed by atoms with Gasteiger partial charge in [0, 0.05) is 13.0 Å². The van der Waals surface area contributed by atoms with Crippen molar-refractivity contribution in [1.82, 2.24) is 5.32 Å². The Balaban J connectivity index is 2.25. The highest BCUT2D eigenvalue weighted by atomic mass is 16.5. The van der Waals surface area contributed by atoms with Gasteiger partial charge in [-0.25, -0.2) is 0 Å². The van der Waals surface area contributed by atoms with Crippen molar-refractivity contribution in [1.29, 1.82) is 0 Å². The highest BCUT2D eigenvalue weighted by Crippen LogP contribution is 2.31. The van der Waals surface area contributed by atoms with Crippen molar-refractivity contribution in [3.8, 4) is 0 Å². The molecule has 6 atom stereocenters. The first-order chi connectivity index (χ1) is 24.0. The summed E-state index contributed by atoms with van der Waals surface area (Å²) in [5.74, 6) is -0.345. The molecule has 1 amide bonds. The van der Waals surface area contributed by atoms with Crippen LogP contribution in [0.25, 0.3) is 0 Å². The summed E-state index contributed by atoms with van der Waals surface area (Å²) in [6.45, 7) is 4.74. The van der Waals surface area contributed by atoms with Crippen LogP contribution in [-0.2, 0) is 9.53 Å². The van der Waals surface area contributed by atoms with E-state index in [-0.39, 0.29) is 18.2 Å². The summed E-state index contributed by atoms with van der Waals surface area (Å²) in [4.78, 5) is 13.0. The Bertz CT molecular complexity index is 721. The molecule has 0 aromatic rings. The molecule has 1 saturated heterocycles. The minimum Gasteiger partial charge on any atom is -0.394 e. The molecule has 0 saturated carbocycles. The fourth-order valence-electron chi connectivity index (χ4n) is 7.54. The van der Waals surface area contributed by atoms with Crippen molar-refractivity contribution in [2.75, 3.05) is 13.2 Å². The van der Waals surface area contributed by atoms with Gasteiger partial charge in [-0.2, -0.15) is 0 Å². The number of ether oxygens (including phenoxy) is 1. The summed E-state index contributed by atoms with van der Waals surface area (Å²) in [5, 5.41) is 44.3. The van der Waals surface area contributed by atoms with Crippen molar-refractivity contribution in [2.24, 2.45) is 5.92 Å². The lowest BCUT2D eigenvalue weighted by atomic mass is 9.83. The molecule has 5 N–H and O–H groups in total. The van der Waals surface area contributed by atoms with Crippen LogP contribution in [0.2, 0.25) is 0 Å². The van der Waals surface area contributed by atoms with E-state index in [1.807, 2.05) is 0 Å². The molecule has 1 heterocycles. The van der Waals surface area contributed by atoms with Crippen molar-refractivity contribution in [3.63, 3.8) is 0 Å². The third kappa shape index (κ3) is 24.2. The topological polar surface area (TPSA) is 119 Å². The molecule has 0 bridgehead atoms. The van der Waals surface area contributed by atoms with Crippen LogP contribution in [0.15, 0.2) is 0 Å². The van der Waals surface area contributed by atoms with E-state index in [2.05, 4.69) is 19.2 Å². The van der Waals surface area contributed by atoms with Gasteiger partial charge in [0.15, 0.2) is 0 Å². The zero-order valence-electron chi connectivity index (χ0n) is 32.4. The predicted molar refractivity (Wildman–Crippen MR) is 205 cm³/mol. The van der Waals surface area contributed by atoms with Crippen LogP contribution in [0.3, 0.4) is 0 Å². The van der Waals surface area contributed by atoms with Crippen molar-refractivity contribution < 1.29 is 30.0 Å². The van der Waals surface area contributed by atoms with E-state index >= 15 is 0 Å². The number of hydrogen-bond donors (Lipinski definition) is 5. The Morgan fingerprint density at radius 3 is 1.29 bits per heavy atom. The SMILES string of the molecule is CCCCCCCCCCCCCCCCCCNC(=O)CC(CCCCCCCCCCCCCCC)C1O[C@H](CO)[C@H](O)[C@H](O)[C@H]1O. The van der Waals surface area contributed by atoms with E-state index in [1.54, 1.807) is 0 Å². The Kier molecular flexibility index (Phi) is 31.3. The standard InChI is InChI=1S/C42H83NO6/c1-3-5-7-9-11-13-15-17-18-19-21-23-25-27-29-31-33-43-38(45)34-36(42-41(48)40(47)39(46)37(35-44)49-42)32-30-28-26-24-22-20-16-14-12-10-8-6-4-2/h36-37,39-42,44,46-48H,3-35H2,1-2H3,(H,43,45)/t36?,37-,39+,40+,41-,42?/m1/s1. The summed E-state index contributed by atoms with van der Waals surface area (Å²) in [5.41, 5.74) is 0. The van der Waals surface area contributed by atoms with Gasteiger partial charge in [-0.05, 0) is 18.8 Å². The van der Waals surface area contributed by atoms with Gasteiger partial charge in [-0.3, -0.25) is 4.79 Å². The molecule has 0 spiro atoms. The van der Waals surface area contributed by atoms with Crippen LogP contribution >= 0.6 is 0 Å². The van der Waals surface area contributed by atoms with E-state index in [9.17, 15) is 25.2 Å². The van der Waals surface area contributed by atoms with Gasteiger partial charge in [0.2, 0.25) is 5.91 Å². The lowest BCUT2D eigenvalue weighted by molar-refractivity contribution is -0.241. The highest BCUT2D eigenvalue weighted by molar-refractivity contribution is 5.76. The molecular formula is C42H83NO6. The van der Waals surface area contributed by atoms with E-state index in [1.165, 1.54) is 154 Å². The average molecular weight is 698 g/mol. The molecule has 1 aliphatic heterocycles. The molecule has 1 rings (SSSR count). The van der Waals surface area contributed by atoms with Gasteiger partial charge in [0.05, 0.1) is 12.7 Å². The summed E-state index contributed by atoms with van der Waals surface area (Å²) >= 11 is 0. The fraction of sp³-hybridized carbons (Fsp3) is 0.976. The molecule has 1 aliphatic rings. The second kappa shape index (κ2) is 33.1. The Morgan fingerprint density at radius 1 is 0.531 bits per heavy atom. The normalized spacial score (nSPS) is 21.6. The maximum absolute atomic E-state index is 13.0. The number of carbonyl (C=O) groups excluding carboxylic acids is 1. The molecule has 0 aromatic carbocycles. The van der Waals surface area contributed by atoms with Crippen LogP contribution < -0.4 is 5.32 Å². The summed E-state index contributed by atoms with van der Waals surface area (Å²) < 4.78 is 5.91. The highest BCUT2D eigenvalue weighted by Gasteiger charge is 2.46. The minimum absolute atomic E-state index is 0.0578. The number of aliphatic hydroxyl groups excluding tert-OH is 4. The van der Waals surface area contributed by atoms with E-state index in [0.717, 1.165) is 32.1 Å². The summed E-state index contributed by atoms with van der Waals surface area (Å²) in [7, 11) is 0. The first-order valence-corrected chi connectivity index (χ1v) is 21.5. The molecular weight excluding hydrogens is 614 g/mol. The van der Waals surface area contributed by atoms with Crippen molar-refractivity contribution in [3.05, 3.63) is 0 Å². The Morgan fingerprint density at radius 2 is 0.898 bits per heavy atom. The van der Waals surface area contributed by atoms with Gasteiger partial charge in [-0.15, -0.1) is 0 Å². The van der Waals surface area contributed by atoms with Crippen LogP contribution in [0.4, 0.5) is 0 Å². The first-order valence-electron chi connectivity index (χ1n) is 21.5. The number of hydrogen-bond acceptors (Lipinski definition) is 6. The van der Waals surface area contributed by atoms with Gasteiger partial charge in [0.25, 0.3) is 0 Å². The van der Waals surface area contributed by atoms with Gasteiger partial charge >= 0.3 is 0 Å². The third-order valence-corrected chi connectivity index (χ3v) is 10.9. The minimum atomic E-state index is -1.40. The van der Waals surface area contributed by atoms with E-state index in [0.29, 0.717) is 13.0 Å². The molecule has 0 aromatic heterocycles. The quantitative estimate of drug-likeness (QED) is 0.0421. The van der Waals surface area contributed by atoms with E-state index in [4.69, 9.17) is 4.74 Å². The number of amides is 1. The predicted octanol–water partition coefficient (Wildman–Crippen LogP) is 9.69. The molecule has 0 aliphatic carbocycles. The van der Waals surface area contributed by atoms with Gasteiger partial charge in [0.1, 0.15) is 24.4 Å². The average Bonchev–Trinajstić information content (AvgIpc) is 3.10. The van der Waals surface area contributed by atoms with Crippen molar-refractivity contribution >= 4 is 5.91 Å². The van der Waals surface area contributed by atoms with Crippen LogP contribution in [0, 0.1) is 5.92 Å². The maximum atomic E-state index is 13.0. The molecule has 7 nitrogen and oxygen atoms in total. The molecule has 292 valence electrons. The second-order valence-corrected chi connectivity index (χ2v) is 15.4. The summed E-state index contributed by atoms with van der Waals surface area (Å²) in [6, 6.07) is 0. The molecule has 2 unspecified atom stereocenters. The Labute approximate surface area is 303 Å². The first kappa shape index (κ1) is 46.3. The Hall–Kier alpha value is -0.730. The number of rotatable bonds is 35. The number of nitrogens with one attached hydrogen (secondary N) is 1. The monoisotopic (exact) mass is 698 g/mol. The molecule has 0 radical (unpaired) electrons. The van der Waals surface area contributed by atoms with E-state index < -0.39 is 37.1 Å².